The summed E-state index contributed by atoms with van der Waals surface area (Å²) in [5.41, 5.74) is 6.77. The molecule has 0 saturated carbocycles. The molecule has 0 fully saturated rings. The summed E-state index contributed by atoms with van der Waals surface area (Å²) in [5.74, 6) is 0.776. The molecule has 0 spiro atoms. The summed E-state index contributed by atoms with van der Waals surface area (Å²) >= 11 is 0. The first-order valence-electron chi connectivity index (χ1n) is 7.10. The molecular formula is C18H19N3. The number of fused-ring (bicyclic) bond motifs is 1. The molecule has 3 aromatic rings. The predicted molar refractivity (Wildman–Crippen MR) is 89.2 cm³/mol. The van der Waals surface area contributed by atoms with E-state index in [0.29, 0.717) is 0 Å². The van der Waals surface area contributed by atoms with Crippen LogP contribution in [0.1, 0.15) is 16.7 Å². The number of hydrogen-bond donors (Lipinski definition) is 2. The minimum absolute atomic E-state index is 0.776. The van der Waals surface area contributed by atoms with E-state index >= 15 is 0 Å². The molecule has 0 aliphatic heterocycles. The van der Waals surface area contributed by atoms with Crippen molar-refractivity contribution in [3.05, 3.63) is 65.7 Å². The van der Waals surface area contributed by atoms with Crippen LogP contribution >= 0.6 is 0 Å². The number of imidazole rings is 1. The number of aromatic amines is 1. The van der Waals surface area contributed by atoms with Crippen LogP contribution in [0, 0.1) is 13.8 Å². The van der Waals surface area contributed by atoms with Crippen LogP contribution < -0.4 is 5.32 Å². The maximum Gasteiger partial charge on any atom is 0.205 e. The number of anilines is 2. The summed E-state index contributed by atoms with van der Waals surface area (Å²) in [7, 11) is 0. The lowest BCUT2D eigenvalue weighted by atomic mass is 10.1. The highest BCUT2D eigenvalue weighted by molar-refractivity contribution is 5.82. The molecule has 21 heavy (non-hydrogen) atoms. The third kappa shape index (κ3) is 2.68. The molecule has 1 heterocycles. The Morgan fingerprint density at radius 2 is 2.00 bits per heavy atom. The zero-order valence-electron chi connectivity index (χ0n) is 12.4. The Balaban J connectivity index is 1.99. The van der Waals surface area contributed by atoms with Gasteiger partial charge in [-0.25, -0.2) is 4.98 Å². The zero-order chi connectivity index (χ0) is 14.8. The Hall–Kier alpha value is -2.55. The van der Waals surface area contributed by atoms with E-state index in [1.54, 1.807) is 0 Å². The van der Waals surface area contributed by atoms with Gasteiger partial charge in [0, 0.05) is 5.69 Å². The first kappa shape index (κ1) is 13.4. The fourth-order valence-electron chi connectivity index (χ4n) is 2.55. The fourth-order valence-corrected chi connectivity index (χ4v) is 2.55. The number of H-pyrrole nitrogens is 1. The number of para-hydroxylation sites is 1. The lowest BCUT2D eigenvalue weighted by molar-refractivity contribution is 1.27. The summed E-state index contributed by atoms with van der Waals surface area (Å²) in [6.45, 7) is 7.97. The molecule has 3 rings (SSSR count). The number of rotatable bonds is 4. The molecule has 2 N–H and O–H groups in total. The molecule has 0 bridgehead atoms. The lowest BCUT2D eigenvalue weighted by Gasteiger charge is -2.05. The maximum atomic E-state index is 4.66. The Bertz CT molecular complexity index is 799. The Morgan fingerprint density at radius 1 is 1.19 bits per heavy atom. The van der Waals surface area contributed by atoms with Crippen molar-refractivity contribution in [1.29, 1.82) is 0 Å². The van der Waals surface area contributed by atoms with Crippen molar-refractivity contribution in [3.63, 3.8) is 0 Å². The normalized spacial score (nSPS) is 10.8. The van der Waals surface area contributed by atoms with Crippen LogP contribution in [0.25, 0.3) is 11.0 Å². The largest absolute Gasteiger partial charge is 0.326 e. The van der Waals surface area contributed by atoms with Gasteiger partial charge >= 0.3 is 0 Å². The van der Waals surface area contributed by atoms with Crippen LogP contribution in [0.2, 0.25) is 0 Å². The highest BCUT2D eigenvalue weighted by atomic mass is 15.1. The number of nitrogens with zero attached hydrogens (tertiary/aromatic N) is 1. The SMILES string of the molecule is C=CCc1cc(C)c2nc(Nc3ccccc3C)[nH]c2c1. The van der Waals surface area contributed by atoms with Gasteiger partial charge < -0.3 is 10.3 Å². The molecule has 0 aliphatic carbocycles. The van der Waals surface area contributed by atoms with E-state index in [-0.39, 0.29) is 0 Å². The van der Waals surface area contributed by atoms with Crippen LogP contribution in [-0.4, -0.2) is 9.97 Å². The average molecular weight is 277 g/mol. The third-order valence-corrected chi connectivity index (χ3v) is 3.62. The maximum absolute atomic E-state index is 4.66. The van der Waals surface area contributed by atoms with Crippen LogP contribution in [-0.2, 0) is 6.42 Å². The van der Waals surface area contributed by atoms with Crippen molar-refractivity contribution in [1.82, 2.24) is 9.97 Å². The van der Waals surface area contributed by atoms with Gasteiger partial charge in [0.05, 0.1) is 11.0 Å². The number of benzene rings is 2. The van der Waals surface area contributed by atoms with Gasteiger partial charge in [-0.3, -0.25) is 0 Å². The molecule has 0 amide bonds. The van der Waals surface area contributed by atoms with E-state index in [1.165, 1.54) is 16.7 Å². The number of aromatic nitrogens is 2. The second-order valence-corrected chi connectivity index (χ2v) is 5.33. The van der Waals surface area contributed by atoms with E-state index in [4.69, 9.17) is 0 Å². The van der Waals surface area contributed by atoms with Gasteiger partial charge in [0.2, 0.25) is 5.95 Å². The lowest BCUT2D eigenvalue weighted by Crippen LogP contribution is -1.94. The standard InChI is InChI=1S/C18H19N3/c1-4-7-14-10-13(3)17-16(11-14)20-18(21-17)19-15-9-6-5-8-12(15)2/h4-6,8-11H,1,7H2,2-3H3,(H2,19,20,21). The summed E-state index contributed by atoms with van der Waals surface area (Å²) in [6, 6.07) is 12.5. The van der Waals surface area contributed by atoms with Crippen molar-refractivity contribution in [2.45, 2.75) is 20.3 Å². The highest BCUT2D eigenvalue weighted by Gasteiger charge is 2.08. The molecule has 0 unspecified atom stereocenters. The monoisotopic (exact) mass is 277 g/mol. The van der Waals surface area contributed by atoms with Crippen molar-refractivity contribution in [2.24, 2.45) is 0 Å². The van der Waals surface area contributed by atoms with Gasteiger partial charge in [0.25, 0.3) is 0 Å². The molecule has 3 nitrogen and oxygen atoms in total. The molecule has 2 aromatic carbocycles. The van der Waals surface area contributed by atoms with Gasteiger partial charge in [0.1, 0.15) is 0 Å². The molecular weight excluding hydrogens is 258 g/mol. The molecule has 1 aromatic heterocycles. The van der Waals surface area contributed by atoms with E-state index in [9.17, 15) is 0 Å². The predicted octanol–water partition coefficient (Wildman–Crippen LogP) is 4.65. The second-order valence-electron chi connectivity index (χ2n) is 5.33. The fraction of sp³-hybridized carbons (Fsp3) is 0.167. The Labute approximate surface area is 124 Å². The number of allylic oxidation sites excluding steroid dienone is 1. The minimum atomic E-state index is 0.776. The molecule has 106 valence electrons. The minimum Gasteiger partial charge on any atom is -0.326 e. The summed E-state index contributed by atoms with van der Waals surface area (Å²) in [6.07, 6.45) is 2.79. The Kier molecular flexibility index (Phi) is 3.48. The van der Waals surface area contributed by atoms with E-state index in [2.05, 4.69) is 60.0 Å². The quantitative estimate of drug-likeness (QED) is 0.681. The third-order valence-electron chi connectivity index (χ3n) is 3.62. The van der Waals surface area contributed by atoms with Crippen LogP contribution in [0.3, 0.4) is 0 Å². The molecule has 3 heteroatoms. The van der Waals surface area contributed by atoms with Crippen LogP contribution in [0.15, 0.2) is 49.1 Å². The zero-order valence-corrected chi connectivity index (χ0v) is 12.4. The van der Waals surface area contributed by atoms with Crippen LogP contribution in [0.5, 0.6) is 0 Å². The highest BCUT2D eigenvalue weighted by Crippen LogP contribution is 2.24. The van der Waals surface area contributed by atoms with E-state index < -0.39 is 0 Å². The van der Waals surface area contributed by atoms with Crippen molar-refractivity contribution >= 4 is 22.7 Å². The van der Waals surface area contributed by atoms with E-state index in [0.717, 1.165) is 29.1 Å². The second kappa shape index (κ2) is 5.44. The smallest absolute Gasteiger partial charge is 0.205 e. The van der Waals surface area contributed by atoms with Crippen molar-refractivity contribution < 1.29 is 0 Å². The number of hydrogen-bond acceptors (Lipinski definition) is 2. The van der Waals surface area contributed by atoms with Gasteiger partial charge in [-0.2, -0.15) is 0 Å². The van der Waals surface area contributed by atoms with Gasteiger partial charge in [-0.15, -0.1) is 6.58 Å². The molecule has 0 radical (unpaired) electrons. The van der Waals surface area contributed by atoms with Gasteiger partial charge in [0.15, 0.2) is 0 Å². The average Bonchev–Trinajstić information content (AvgIpc) is 2.85. The van der Waals surface area contributed by atoms with E-state index in [1.807, 2.05) is 18.2 Å². The number of nitrogens with one attached hydrogen (secondary N) is 2. The molecule has 0 aliphatic rings. The molecule has 0 saturated heterocycles. The Morgan fingerprint density at radius 3 is 2.76 bits per heavy atom. The summed E-state index contributed by atoms with van der Waals surface area (Å²) in [5, 5.41) is 3.35. The first-order valence-corrected chi connectivity index (χ1v) is 7.10. The summed E-state index contributed by atoms with van der Waals surface area (Å²) < 4.78 is 0. The summed E-state index contributed by atoms with van der Waals surface area (Å²) in [4.78, 5) is 8.01. The van der Waals surface area contributed by atoms with Gasteiger partial charge in [-0.1, -0.05) is 30.3 Å². The van der Waals surface area contributed by atoms with Crippen LogP contribution in [0.4, 0.5) is 11.6 Å². The first-order chi connectivity index (χ1) is 10.2. The number of aryl methyl sites for hydroxylation is 2. The van der Waals surface area contributed by atoms with Gasteiger partial charge in [-0.05, 0) is 49.1 Å². The molecule has 0 atom stereocenters. The van der Waals surface area contributed by atoms with Crippen molar-refractivity contribution in [3.8, 4) is 0 Å². The topological polar surface area (TPSA) is 40.7 Å². The van der Waals surface area contributed by atoms with Crippen molar-refractivity contribution in [2.75, 3.05) is 5.32 Å².